The van der Waals surface area contributed by atoms with Crippen molar-refractivity contribution in [3.8, 4) is 17.2 Å². The molecule has 8 heteroatoms. The van der Waals surface area contributed by atoms with E-state index in [-0.39, 0.29) is 21.9 Å². The van der Waals surface area contributed by atoms with Crippen LogP contribution < -0.4 is 25.6 Å². The van der Waals surface area contributed by atoms with E-state index in [4.69, 9.17) is 4.74 Å². The molecule has 43 heavy (non-hydrogen) atoms. The van der Waals surface area contributed by atoms with Crippen LogP contribution in [0.15, 0.2) is 52.4 Å². The molecule has 0 radical (unpaired) electrons. The van der Waals surface area contributed by atoms with E-state index in [2.05, 4.69) is 84.7 Å². The van der Waals surface area contributed by atoms with E-state index in [1.54, 1.807) is 6.07 Å². The van der Waals surface area contributed by atoms with Crippen LogP contribution in [0, 0.1) is 27.7 Å². The van der Waals surface area contributed by atoms with Gasteiger partial charge in [0.15, 0.2) is 11.7 Å². The number of benzene rings is 3. The SMILES string of the molecule is COc1cc(C(C)(C)C)c([O-])c([O-])c1C(C)(C)C.Cc1cccc(C)c1NC1=NCCN=C1Nc1c(C)cccc1C.[Ni+2]. The fourth-order valence-corrected chi connectivity index (χ4v) is 4.98. The van der Waals surface area contributed by atoms with Gasteiger partial charge in [-0.3, -0.25) is 9.98 Å². The second-order valence-electron chi connectivity index (χ2n) is 12.9. The number of aryl methyl sites for hydroxylation is 4. The number of rotatable bonds is 3. The van der Waals surface area contributed by atoms with Crippen molar-refractivity contribution in [3.05, 3.63) is 75.8 Å². The Kier molecular flexibility index (Phi) is 11.9. The summed E-state index contributed by atoms with van der Waals surface area (Å²) in [7, 11) is 1.53. The Morgan fingerprint density at radius 3 is 1.40 bits per heavy atom. The summed E-state index contributed by atoms with van der Waals surface area (Å²) >= 11 is 0. The van der Waals surface area contributed by atoms with E-state index < -0.39 is 16.9 Å². The molecule has 4 rings (SSSR count). The number of hydrogen-bond acceptors (Lipinski definition) is 7. The number of anilines is 2. The van der Waals surface area contributed by atoms with Crippen molar-refractivity contribution in [3.63, 3.8) is 0 Å². The quantitative estimate of drug-likeness (QED) is 0.315. The van der Waals surface area contributed by atoms with E-state index in [1.807, 2.05) is 41.5 Å². The average molecular weight is 629 g/mol. The Morgan fingerprint density at radius 1 is 0.674 bits per heavy atom. The molecule has 0 saturated carbocycles. The van der Waals surface area contributed by atoms with Crippen LogP contribution in [-0.4, -0.2) is 31.9 Å². The van der Waals surface area contributed by atoms with Gasteiger partial charge in [-0.2, -0.15) is 0 Å². The van der Waals surface area contributed by atoms with Crippen LogP contribution in [0.5, 0.6) is 17.2 Å². The molecule has 0 saturated heterocycles. The predicted octanol–water partition coefficient (Wildman–Crippen LogP) is 6.69. The third kappa shape index (κ3) is 8.54. The maximum Gasteiger partial charge on any atom is 2.00 e. The summed E-state index contributed by atoms with van der Waals surface area (Å²) in [5, 5.41) is 31.4. The van der Waals surface area contributed by atoms with Crippen molar-refractivity contribution in [1.82, 2.24) is 0 Å². The van der Waals surface area contributed by atoms with Gasteiger partial charge in [0, 0.05) is 11.4 Å². The van der Waals surface area contributed by atoms with E-state index in [0.29, 0.717) is 30.0 Å². The van der Waals surface area contributed by atoms with Crippen molar-refractivity contribution in [1.29, 1.82) is 0 Å². The number of para-hydroxylation sites is 2. The van der Waals surface area contributed by atoms with Gasteiger partial charge in [0.05, 0.1) is 20.2 Å². The summed E-state index contributed by atoms with van der Waals surface area (Å²) in [4.78, 5) is 9.31. The molecular formula is C35H46N4NiO3. The van der Waals surface area contributed by atoms with Gasteiger partial charge in [0.2, 0.25) is 0 Å². The number of ether oxygens (including phenoxy) is 1. The van der Waals surface area contributed by atoms with Gasteiger partial charge in [-0.1, -0.05) is 77.9 Å². The van der Waals surface area contributed by atoms with Crippen molar-refractivity contribution in [2.24, 2.45) is 9.98 Å². The molecule has 0 bridgehead atoms. The third-order valence-corrected chi connectivity index (χ3v) is 7.29. The Morgan fingerprint density at radius 2 is 1.07 bits per heavy atom. The largest absolute Gasteiger partial charge is 2.00 e. The molecule has 1 aliphatic rings. The van der Waals surface area contributed by atoms with Crippen LogP contribution in [0.25, 0.3) is 0 Å². The van der Waals surface area contributed by atoms with Gasteiger partial charge >= 0.3 is 16.5 Å². The van der Waals surface area contributed by atoms with Crippen LogP contribution >= 0.6 is 0 Å². The van der Waals surface area contributed by atoms with Gasteiger partial charge in [-0.25, -0.2) is 0 Å². The van der Waals surface area contributed by atoms with Crippen LogP contribution in [0.1, 0.15) is 74.9 Å². The van der Waals surface area contributed by atoms with Gasteiger partial charge in [-0.15, -0.1) is 11.5 Å². The molecular weight excluding hydrogens is 583 g/mol. The molecule has 3 aromatic rings. The smallest absolute Gasteiger partial charge is 0.873 e. The van der Waals surface area contributed by atoms with Crippen molar-refractivity contribution < 1.29 is 31.4 Å². The Labute approximate surface area is 267 Å². The van der Waals surface area contributed by atoms with E-state index in [9.17, 15) is 10.2 Å². The van der Waals surface area contributed by atoms with Crippen LogP contribution in [-0.2, 0) is 27.3 Å². The van der Waals surface area contributed by atoms with E-state index >= 15 is 0 Å². The normalized spacial score (nSPS) is 13.1. The molecule has 0 unspecified atom stereocenters. The summed E-state index contributed by atoms with van der Waals surface area (Å²) in [6, 6.07) is 14.3. The fraction of sp³-hybridized carbons (Fsp3) is 0.429. The summed E-state index contributed by atoms with van der Waals surface area (Å²) in [5.74, 6) is 1.28. The van der Waals surface area contributed by atoms with Crippen molar-refractivity contribution >= 4 is 23.0 Å². The zero-order valence-electron chi connectivity index (χ0n) is 27.4. The molecule has 0 aromatic heterocycles. The minimum Gasteiger partial charge on any atom is -0.873 e. The molecule has 0 fully saturated rings. The maximum absolute atomic E-state index is 12.3. The number of aliphatic imine (C=N–C) groups is 2. The first-order valence-electron chi connectivity index (χ1n) is 14.4. The van der Waals surface area contributed by atoms with Crippen molar-refractivity contribution in [2.45, 2.75) is 80.1 Å². The molecule has 0 aliphatic carbocycles. The topological polar surface area (TPSA) is 104 Å². The summed E-state index contributed by atoms with van der Waals surface area (Å²) in [6.07, 6.45) is 0. The minimum atomic E-state index is -0.438. The molecule has 7 nitrogen and oxygen atoms in total. The van der Waals surface area contributed by atoms with Crippen LogP contribution in [0.4, 0.5) is 11.4 Å². The first-order chi connectivity index (χ1) is 19.6. The number of amidine groups is 2. The predicted molar refractivity (Wildman–Crippen MR) is 173 cm³/mol. The summed E-state index contributed by atoms with van der Waals surface area (Å²) in [6.45, 7) is 21.3. The molecule has 1 aliphatic heterocycles. The average Bonchev–Trinajstić information content (AvgIpc) is 2.89. The van der Waals surface area contributed by atoms with Gasteiger partial charge in [0.25, 0.3) is 0 Å². The first-order valence-corrected chi connectivity index (χ1v) is 14.4. The third-order valence-electron chi connectivity index (χ3n) is 7.29. The molecule has 2 N–H and O–H groups in total. The summed E-state index contributed by atoms with van der Waals surface area (Å²) < 4.78 is 5.30. The maximum atomic E-state index is 12.3. The number of nitrogens with zero attached hydrogens (tertiary/aromatic N) is 2. The van der Waals surface area contributed by atoms with Gasteiger partial charge in [-0.05, 0) is 78.0 Å². The van der Waals surface area contributed by atoms with E-state index in [1.165, 1.54) is 29.4 Å². The van der Waals surface area contributed by atoms with Gasteiger partial charge in [0.1, 0.15) is 5.75 Å². The number of nitrogens with one attached hydrogen (secondary N) is 2. The second kappa shape index (κ2) is 14.3. The van der Waals surface area contributed by atoms with E-state index in [0.717, 1.165) is 23.0 Å². The second-order valence-corrected chi connectivity index (χ2v) is 12.9. The van der Waals surface area contributed by atoms with Gasteiger partial charge < -0.3 is 25.6 Å². The molecule has 234 valence electrons. The standard InChI is InChI=1S/C20H24N4.C15H24O3.Ni/c1-13-7-5-8-14(2)17(13)23-19-20(22-12-11-21-19)24-18-15(3)9-6-10-16(18)4;1-14(2,3)9-8-10(18-7)11(15(4,5)6)13(17)12(9)16;/h5-10H,11-12H2,1-4H3,(H,21,23)(H,22,24);8,16-17H,1-7H3;/q;;+2/p-2. The van der Waals surface area contributed by atoms with Crippen molar-refractivity contribution in [2.75, 3.05) is 30.8 Å². The minimum absolute atomic E-state index is 0. The molecule has 3 aromatic carbocycles. The fourth-order valence-electron chi connectivity index (χ4n) is 4.98. The number of hydrogen-bond donors (Lipinski definition) is 2. The Hall–Kier alpha value is -3.51. The Bertz CT molecular complexity index is 1390. The first kappa shape index (κ1) is 35.7. The molecule has 0 amide bonds. The number of methoxy groups -OCH3 is 1. The summed E-state index contributed by atoms with van der Waals surface area (Å²) in [5.41, 5.74) is 7.23. The zero-order valence-corrected chi connectivity index (χ0v) is 28.4. The molecule has 1 heterocycles. The Balaban J connectivity index is 0.000000306. The van der Waals surface area contributed by atoms with Crippen LogP contribution in [0.2, 0.25) is 0 Å². The monoisotopic (exact) mass is 628 g/mol. The zero-order chi connectivity index (χ0) is 31.4. The molecule has 0 spiro atoms. The molecule has 0 atom stereocenters. The van der Waals surface area contributed by atoms with Crippen LogP contribution in [0.3, 0.4) is 0 Å².